The molecule has 1 aliphatic heterocycles. The number of amides is 1. The van der Waals surface area contributed by atoms with Crippen molar-refractivity contribution in [3.63, 3.8) is 0 Å². The van der Waals surface area contributed by atoms with Crippen LogP contribution in [0.2, 0.25) is 5.02 Å². The molecule has 2 heterocycles. The van der Waals surface area contributed by atoms with E-state index in [9.17, 15) is 4.79 Å². The largest absolute Gasteiger partial charge is 0.376 e. The maximum absolute atomic E-state index is 13.1. The Morgan fingerprint density at radius 1 is 1.31 bits per heavy atom. The minimum absolute atomic E-state index is 0.0827. The van der Waals surface area contributed by atoms with Gasteiger partial charge in [-0.3, -0.25) is 9.69 Å². The molecule has 7 heteroatoms. The Hall–Kier alpha value is -1.60. The normalized spacial score (nSPS) is 16.4. The van der Waals surface area contributed by atoms with Crippen LogP contribution in [0.5, 0.6) is 0 Å². The quantitative estimate of drug-likeness (QED) is 0.420. The first-order chi connectivity index (χ1) is 14.1. The van der Waals surface area contributed by atoms with Gasteiger partial charge in [-0.05, 0) is 50.1 Å². The molecule has 1 aliphatic rings. The van der Waals surface area contributed by atoms with Gasteiger partial charge in [-0.2, -0.15) is 0 Å². The lowest BCUT2D eigenvalue weighted by Crippen LogP contribution is -2.37. The molecule has 1 saturated heterocycles. The molecule has 4 rings (SSSR count). The van der Waals surface area contributed by atoms with Crippen LogP contribution >= 0.6 is 34.7 Å². The zero-order valence-electron chi connectivity index (χ0n) is 16.3. The first-order valence-corrected chi connectivity index (χ1v) is 11.9. The first-order valence-electron chi connectivity index (χ1n) is 9.76. The lowest BCUT2D eigenvalue weighted by molar-refractivity contribution is -0.118. The van der Waals surface area contributed by atoms with Crippen molar-refractivity contribution in [2.24, 2.45) is 0 Å². The van der Waals surface area contributed by atoms with Crippen molar-refractivity contribution in [1.29, 1.82) is 0 Å². The van der Waals surface area contributed by atoms with E-state index in [1.54, 1.807) is 11.8 Å². The number of thiazole rings is 1. The molecule has 0 spiro atoms. The Kier molecular flexibility index (Phi) is 6.75. The lowest BCUT2D eigenvalue weighted by atomic mass is 10.2. The monoisotopic (exact) mass is 446 g/mol. The second kappa shape index (κ2) is 9.47. The van der Waals surface area contributed by atoms with Gasteiger partial charge in [0.05, 0.1) is 22.9 Å². The summed E-state index contributed by atoms with van der Waals surface area (Å²) >= 11 is 9.34. The highest BCUT2D eigenvalue weighted by Crippen LogP contribution is 2.32. The number of hydrogen-bond donors (Lipinski definition) is 0. The number of carbonyl (C=O) groups is 1. The van der Waals surface area contributed by atoms with Crippen LogP contribution < -0.4 is 4.90 Å². The number of carbonyl (C=O) groups excluding carboxylic acids is 1. The maximum atomic E-state index is 13.1. The number of rotatable bonds is 7. The smallest absolute Gasteiger partial charge is 0.229 e. The summed E-state index contributed by atoms with van der Waals surface area (Å²) in [4.78, 5) is 20.8. The van der Waals surface area contributed by atoms with Crippen LogP contribution in [0.25, 0.3) is 10.2 Å². The second-order valence-corrected chi connectivity index (χ2v) is 9.77. The summed E-state index contributed by atoms with van der Waals surface area (Å²) in [5, 5.41) is 1.40. The zero-order chi connectivity index (χ0) is 20.2. The zero-order valence-corrected chi connectivity index (χ0v) is 18.7. The van der Waals surface area contributed by atoms with Gasteiger partial charge in [0.25, 0.3) is 0 Å². The second-order valence-electron chi connectivity index (χ2n) is 7.16. The number of benzene rings is 2. The Balaban J connectivity index is 1.47. The summed E-state index contributed by atoms with van der Waals surface area (Å²) in [7, 11) is 0. The molecule has 4 nitrogen and oxygen atoms in total. The predicted molar refractivity (Wildman–Crippen MR) is 122 cm³/mol. The summed E-state index contributed by atoms with van der Waals surface area (Å²) in [6.45, 7) is 3.40. The highest BCUT2D eigenvalue weighted by Gasteiger charge is 2.26. The van der Waals surface area contributed by atoms with Crippen LogP contribution in [-0.2, 0) is 9.53 Å². The van der Waals surface area contributed by atoms with E-state index in [0.717, 1.165) is 40.5 Å². The molecule has 2 aromatic carbocycles. The minimum atomic E-state index is 0.0827. The summed E-state index contributed by atoms with van der Waals surface area (Å²) in [5.41, 5.74) is 2.11. The number of ether oxygens (including phenoxy) is 1. The number of nitrogens with zero attached hydrogens (tertiary/aromatic N) is 2. The van der Waals surface area contributed by atoms with E-state index in [4.69, 9.17) is 21.3 Å². The van der Waals surface area contributed by atoms with E-state index in [-0.39, 0.29) is 12.0 Å². The van der Waals surface area contributed by atoms with Gasteiger partial charge in [0.1, 0.15) is 0 Å². The molecule has 0 bridgehead atoms. The fraction of sp³-hybridized carbons (Fsp3) is 0.364. The van der Waals surface area contributed by atoms with Crippen LogP contribution in [0.4, 0.5) is 5.13 Å². The molecule has 1 aromatic heterocycles. The summed E-state index contributed by atoms with van der Waals surface area (Å²) in [6.07, 6.45) is 2.57. The van der Waals surface area contributed by atoms with Crippen molar-refractivity contribution >= 4 is 56.0 Å². The molecule has 0 saturated carbocycles. The van der Waals surface area contributed by atoms with Gasteiger partial charge in [-0.1, -0.05) is 40.6 Å². The molecule has 0 N–H and O–H groups in total. The van der Waals surface area contributed by atoms with Crippen molar-refractivity contribution in [3.05, 3.63) is 53.1 Å². The average Bonchev–Trinajstić information content (AvgIpc) is 3.36. The van der Waals surface area contributed by atoms with Crippen molar-refractivity contribution < 1.29 is 9.53 Å². The Morgan fingerprint density at radius 2 is 2.14 bits per heavy atom. The van der Waals surface area contributed by atoms with E-state index in [0.29, 0.717) is 18.0 Å². The molecule has 3 aromatic rings. The van der Waals surface area contributed by atoms with E-state index in [1.807, 2.05) is 23.1 Å². The number of thioether (sulfide) groups is 1. The molecular formula is C22H23ClN2O2S2. The van der Waals surface area contributed by atoms with Crippen molar-refractivity contribution in [2.75, 3.05) is 23.8 Å². The van der Waals surface area contributed by atoms with Crippen LogP contribution in [0, 0.1) is 6.92 Å². The minimum Gasteiger partial charge on any atom is -0.376 e. The van der Waals surface area contributed by atoms with E-state index in [1.165, 1.54) is 21.8 Å². The van der Waals surface area contributed by atoms with Gasteiger partial charge < -0.3 is 4.74 Å². The Bertz CT molecular complexity index is 984. The third-order valence-electron chi connectivity index (χ3n) is 4.89. The van der Waals surface area contributed by atoms with E-state index in [2.05, 4.69) is 31.2 Å². The third-order valence-corrected chi connectivity index (χ3v) is 7.18. The third kappa shape index (κ3) is 5.31. The summed E-state index contributed by atoms with van der Waals surface area (Å²) in [6, 6.07) is 14.0. The molecule has 0 aliphatic carbocycles. The molecule has 29 heavy (non-hydrogen) atoms. The highest BCUT2D eigenvalue weighted by molar-refractivity contribution is 7.99. The number of halogens is 1. The summed E-state index contributed by atoms with van der Waals surface area (Å²) in [5.74, 6) is 0.825. The molecule has 1 unspecified atom stereocenters. The first kappa shape index (κ1) is 20.7. The highest BCUT2D eigenvalue weighted by atomic mass is 35.5. The Morgan fingerprint density at radius 3 is 2.90 bits per heavy atom. The van der Waals surface area contributed by atoms with Crippen LogP contribution in [0.1, 0.15) is 24.8 Å². The van der Waals surface area contributed by atoms with E-state index >= 15 is 0 Å². The average molecular weight is 447 g/mol. The number of anilines is 1. The van der Waals surface area contributed by atoms with Gasteiger partial charge in [0.15, 0.2) is 5.13 Å². The van der Waals surface area contributed by atoms with Gasteiger partial charge in [-0.15, -0.1) is 11.8 Å². The molecule has 0 radical (unpaired) electrons. The fourth-order valence-electron chi connectivity index (χ4n) is 3.31. The van der Waals surface area contributed by atoms with Gasteiger partial charge >= 0.3 is 0 Å². The molecule has 1 amide bonds. The number of fused-ring (bicyclic) bond motifs is 1. The maximum Gasteiger partial charge on any atom is 0.229 e. The van der Waals surface area contributed by atoms with Gasteiger partial charge in [0.2, 0.25) is 5.91 Å². The number of aryl methyl sites for hydroxylation is 1. The molecular weight excluding hydrogens is 424 g/mol. The van der Waals surface area contributed by atoms with Crippen molar-refractivity contribution in [1.82, 2.24) is 4.98 Å². The van der Waals surface area contributed by atoms with Gasteiger partial charge in [0, 0.05) is 28.7 Å². The number of hydrogen-bond acceptors (Lipinski definition) is 5. The van der Waals surface area contributed by atoms with Crippen LogP contribution in [0.15, 0.2) is 47.4 Å². The molecule has 1 fully saturated rings. The molecule has 1 atom stereocenters. The standard InChI is InChI=1S/C22H23ClN2O2S2/c1-15-4-7-18(8-5-15)28-12-10-21(26)25(14-17-3-2-11-27-17)22-24-19-9-6-16(23)13-20(19)29-22/h4-9,13,17H,2-3,10-12,14H2,1H3. The molecule has 152 valence electrons. The number of aromatic nitrogens is 1. The van der Waals surface area contributed by atoms with Gasteiger partial charge in [-0.25, -0.2) is 4.98 Å². The van der Waals surface area contributed by atoms with Crippen molar-refractivity contribution in [3.8, 4) is 0 Å². The summed E-state index contributed by atoms with van der Waals surface area (Å²) < 4.78 is 6.78. The predicted octanol–water partition coefficient (Wildman–Crippen LogP) is 5.95. The SMILES string of the molecule is Cc1ccc(SCCC(=O)N(CC2CCCO2)c2nc3ccc(Cl)cc3s2)cc1. The topological polar surface area (TPSA) is 42.4 Å². The van der Waals surface area contributed by atoms with Crippen molar-refractivity contribution in [2.45, 2.75) is 37.2 Å². The van der Waals surface area contributed by atoms with Crippen LogP contribution in [0.3, 0.4) is 0 Å². The van der Waals surface area contributed by atoms with Crippen LogP contribution in [-0.4, -0.2) is 35.9 Å². The van der Waals surface area contributed by atoms with E-state index < -0.39 is 0 Å². The lowest BCUT2D eigenvalue weighted by Gasteiger charge is -2.23. The Labute approximate surface area is 184 Å². The fourth-order valence-corrected chi connectivity index (χ4v) is 5.42.